The van der Waals surface area contributed by atoms with E-state index < -0.39 is 11.8 Å². The number of hydrogen-bond acceptors (Lipinski definition) is 1. The molecular weight excluding hydrogens is 172 g/mol. The molecule has 1 N–H and O–H groups in total. The highest BCUT2D eigenvalue weighted by Crippen LogP contribution is 2.38. The summed E-state index contributed by atoms with van der Waals surface area (Å²) in [5.41, 5.74) is -0.813. The molecule has 0 aromatic rings. The molecule has 1 atom stereocenters. The van der Waals surface area contributed by atoms with Crippen LogP contribution in [0.1, 0.15) is 33.1 Å². The van der Waals surface area contributed by atoms with Crippen molar-refractivity contribution in [2.24, 2.45) is 11.3 Å². The molecule has 1 aliphatic heterocycles. The standard InChI is InChI=1S/C10H19F2N/c1-10(2,9(11)12)8-4-3-6-13-7-5-8/h8-9,13H,3-7H2,1-2H3. The van der Waals surface area contributed by atoms with Gasteiger partial charge in [0.2, 0.25) is 6.43 Å². The second kappa shape index (κ2) is 4.36. The molecule has 1 fully saturated rings. The molecule has 0 aromatic carbocycles. The largest absolute Gasteiger partial charge is 0.317 e. The fourth-order valence-electron chi connectivity index (χ4n) is 1.94. The Morgan fingerprint density at radius 3 is 2.54 bits per heavy atom. The zero-order valence-corrected chi connectivity index (χ0v) is 8.45. The van der Waals surface area contributed by atoms with E-state index in [0.29, 0.717) is 0 Å². The molecule has 0 bridgehead atoms. The Morgan fingerprint density at radius 1 is 1.23 bits per heavy atom. The summed E-state index contributed by atoms with van der Waals surface area (Å²) < 4.78 is 25.4. The van der Waals surface area contributed by atoms with Crippen molar-refractivity contribution in [3.8, 4) is 0 Å². The van der Waals surface area contributed by atoms with Crippen LogP contribution in [0.2, 0.25) is 0 Å². The van der Waals surface area contributed by atoms with Crippen LogP contribution >= 0.6 is 0 Å². The van der Waals surface area contributed by atoms with Gasteiger partial charge < -0.3 is 5.32 Å². The number of nitrogens with one attached hydrogen (secondary N) is 1. The highest BCUT2D eigenvalue weighted by molar-refractivity contribution is 4.82. The number of hydrogen-bond donors (Lipinski definition) is 1. The monoisotopic (exact) mass is 191 g/mol. The fourth-order valence-corrected chi connectivity index (χ4v) is 1.94. The molecule has 0 amide bonds. The summed E-state index contributed by atoms with van der Waals surface area (Å²) >= 11 is 0. The molecule has 1 saturated heterocycles. The summed E-state index contributed by atoms with van der Waals surface area (Å²) in [5, 5.41) is 3.24. The van der Waals surface area contributed by atoms with Gasteiger partial charge in [-0.1, -0.05) is 13.8 Å². The van der Waals surface area contributed by atoms with E-state index in [1.165, 1.54) is 0 Å². The summed E-state index contributed by atoms with van der Waals surface area (Å²) in [7, 11) is 0. The predicted octanol–water partition coefficient (Wildman–Crippen LogP) is 2.67. The molecule has 0 aliphatic carbocycles. The average molecular weight is 191 g/mol. The van der Waals surface area contributed by atoms with Crippen molar-refractivity contribution in [1.82, 2.24) is 5.32 Å². The molecule has 0 radical (unpaired) electrons. The van der Waals surface area contributed by atoms with Crippen molar-refractivity contribution in [2.75, 3.05) is 13.1 Å². The van der Waals surface area contributed by atoms with Crippen LogP contribution < -0.4 is 5.32 Å². The van der Waals surface area contributed by atoms with E-state index in [0.717, 1.165) is 32.4 Å². The van der Waals surface area contributed by atoms with Crippen molar-refractivity contribution in [2.45, 2.75) is 39.5 Å². The Labute approximate surface area is 78.9 Å². The van der Waals surface area contributed by atoms with E-state index in [2.05, 4.69) is 5.32 Å². The second-order valence-corrected chi connectivity index (χ2v) is 4.50. The van der Waals surface area contributed by atoms with Gasteiger partial charge in [0.1, 0.15) is 0 Å². The molecular formula is C10H19F2N. The van der Waals surface area contributed by atoms with Crippen molar-refractivity contribution in [1.29, 1.82) is 0 Å². The van der Waals surface area contributed by atoms with Gasteiger partial charge in [-0.3, -0.25) is 0 Å². The van der Waals surface area contributed by atoms with Crippen LogP contribution in [0.25, 0.3) is 0 Å². The van der Waals surface area contributed by atoms with Gasteiger partial charge in [0.05, 0.1) is 0 Å². The molecule has 1 unspecified atom stereocenters. The minimum atomic E-state index is -2.20. The van der Waals surface area contributed by atoms with Gasteiger partial charge in [0.25, 0.3) is 0 Å². The summed E-state index contributed by atoms with van der Waals surface area (Å²) in [5.74, 6) is 0.169. The van der Waals surface area contributed by atoms with Gasteiger partial charge in [0.15, 0.2) is 0 Å². The summed E-state index contributed by atoms with van der Waals surface area (Å²) in [6, 6.07) is 0. The first-order chi connectivity index (χ1) is 6.05. The van der Waals surface area contributed by atoms with Crippen LogP contribution in [0.3, 0.4) is 0 Å². The van der Waals surface area contributed by atoms with E-state index in [1.807, 2.05) is 0 Å². The van der Waals surface area contributed by atoms with Crippen LogP contribution in [0, 0.1) is 11.3 Å². The fraction of sp³-hybridized carbons (Fsp3) is 1.00. The summed E-state index contributed by atoms with van der Waals surface area (Å²) in [6.45, 7) is 5.25. The van der Waals surface area contributed by atoms with E-state index >= 15 is 0 Å². The minimum Gasteiger partial charge on any atom is -0.317 e. The Morgan fingerprint density at radius 2 is 1.92 bits per heavy atom. The highest BCUT2D eigenvalue weighted by atomic mass is 19.3. The molecule has 0 aromatic heterocycles. The van der Waals surface area contributed by atoms with Crippen LogP contribution in [0.5, 0.6) is 0 Å². The third kappa shape index (κ3) is 2.63. The molecule has 0 saturated carbocycles. The van der Waals surface area contributed by atoms with Gasteiger partial charge in [-0.25, -0.2) is 8.78 Å². The average Bonchev–Trinajstić information content (AvgIpc) is 2.31. The zero-order chi connectivity index (χ0) is 9.90. The molecule has 1 rings (SSSR count). The van der Waals surface area contributed by atoms with Crippen molar-refractivity contribution < 1.29 is 8.78 Å². The number of halogens is 2. The van der Waals surface area contributed by atoms with Crippen LogP contribution in [-0.2, 0) is 0 Å². The molecule has 13 heavy (non-hydrogen) atoms. The maximum Gasteiger partial charge on any atom is 0.243 e. The predicted molar refractivity (Wildman–Crippen MR) is 50.0 cm³/mol. The second-order valence-electron chi connectivity index (χ2n) is 4.50. The molecule has 78 valence electrons. The van der Waals surface area contributed by atoms with E-state index in [1.54, 1.807) is 13.8 Å². The molecule has 1 nitrogen and oxygen atoms in total. The summed E-state index contributed by atoms with van der Waals surface area (Å²) in [6.07, 6.45) is 0.651. The van der Waals surface area contributed by atoms with Gasteiger partial charge in [-0.05, 0) is 38.3 Å². The van der Waals surface area contributed by atoms with Crippen molar-refractivity contribution in [3.05, 3.63) is 0 Å². The van der Waals surface area contributed by atoms with E-state index in [-0.39, 0.29) is 5.92 Å². The maximum atomic E-state index is 12.7. The van der Waals surface area contributed by atoms with Gasteiger partial charge in [-0.15, -0.1) is 0 Å². The minimum absolute atomic E-state index is 0.169. The normalized spacial score (nSPS) is 26.1. The lowest BCUT2D eigenvalue weighted by Crippen LogP contribution is -2.32. The van der Waals surface area contributed by atoms with Crippen LogP contribution in [-0.4, -0.2) is 19.5 Å². The number of alkyl halides is 2. The molecule has 1 heterocycles. The lowest BCUT2D eigenvalue weighted by atomic mass is 9.75. The topological polar surface area (TPSA) is 12.0 Å². The zero-order valence-electron chi connectivity index (χ0n) is 8.45. The van der Waals surface area contributed by atoms with Gasteiger partial charge >= 0.3 is 0 Å². The Kier molecular flexibility index (Phi) is 3.65. The van der Waals surface area contributed by atoms with Crippen molar-refractivity contribution in [3.63, 3.8) is 0 Å². The Hall–Kier alpha value is -0.180. The smallest absolute Gasteiger partial charge is 0.243 e. The molecule has 1 aliphatic rings. The molecule has 0 spiro atoms. The lowest BCUT2D eigenvalue weighted by molar-refractivity contribution is -0.0251. The SMILES string of the molecule is CC(C)(C(F)F)C1CCCNCC1. The first kappa shape index (κ1) is 10.9. The summed E-state index contributed by atoms with van der Waals surface area (Å²) in [4.78, 5) is 0. The highest BCUT2D eigenvalue weighted by Gasteiger charge is 2.37. The van der Waals surface area contributed by atoms with E-state index in [9.17, 15) is 8.78 Å². The van der Waals surface area contributed by atoms with Crippen molar-refractivity contribution >= 4 is 0 Å². The number of rotatable bonds is 2. The molecule has 3 heteroatoms. The Balaban J connectivity index is 2.57. The maximum absolute atomic E-state index is 12.7. The lowest BCUT2D eigenvalue weighted by Gasteiger charge is -2.32. The third-order valence-electron chi connectivity index (χ3n) is 3.19. The third-order valence-corrected chi connectivity index (χ3v) is 3.19. The van der Waals surface area contributed by atoms with Gasteiger partial charge in [-0.2, -0.15) is 0 Å². The quantitative estimate of drug-likeness (QED) is 0.707. The van der Waals surface area contributed by atoms with Crippen LogP contribution in [0.4, 0.5) is 8.78 Å². The van der Waals surface area contributed by atoms with Crippen LogP contribution in [0.15, 0.2) is 0 Å². The first-order valence-corrected chi connectivity index (χ1v) is 5.04. The Bertz CT molecular complexity index is 149. The van der Waals surface area contributed by atoms with Gasteiger partial charge in [0, 0.05) is 5.41 Å². The van der Waals surface area contributed by atoms with E-state index in [4.69, 9.17) is 0 Å². The first-order valence-electron chi connectivity index (χ1n) is 5.04.